The molecule has 0 aliphatic heterocycles. The summed E-state index contributed by atoms with van der Waals surface area (Å²) in [6.07, 6.45) is 0.819. The number of rotatable bonds is 4. The number of carbonyl (C=O) groups excluding carboxylic acids is 1. The third-order valence-corrected chi connectivity index (χ3v) is 2.86. The summed E-state index contributed by atoms with van der Waals surface area (Å²) < 4.78 is 10.7. The molecule has 19 heavy (non-hydrogen) atoms. The lowest BCUT2D eigenvalue weighted by Gasteiger charge is -2.12. The summed E-state index contributed by atoms with van der Waals surface area (Å²) in [7, 11) is 1.58. The van der Waals surface area contributed by atoms with Gasteiger partial charge in [-0.25, -0.2) is 4.79 Å². The van der Waals surface area contributed by atoms with E-state index in [1.807, 2.05) is 25.1 Å². The highest BCUT2D eigenvalue weighted by Gasteiger charge is 2.13. The topological polar surface area (TPSA) is 35.5 Å². The normalized spacial score (nSPS) is 10.0. The highest BCUT2D eigenvalue weighted by atomic mass is 16.6. The van der Waals surface area contributed by atoms with Crippen LogP contribution < -0.4 is 9.47 Å². The minimum Gasteiger partial charge on any atom is -0.493 e. The number of hydrogen-bond donors (Lipinski definition) is 0. The summed E-state index contributed by atoms with van der Waals surface area (Å²) in [6, 6.07) is 14.4. The molecule has 0 radical (unpaired) electrons. The summed E-state index contributed by atoms with van der Waals surface area (Å²) in [4.78, 5) is 12.0. The van der Waals surface area contributed by atoms with E-state index in [0.29, 0.717) is 17.1 Å². The molecule has 3 heteroatoms. The van der Waals surface area contributed by atoms with E-state index < -0.39 is 0 Å². The lowest BCUT2D eigenvalue weighted by Crippen LogP contribution is -2.09. The molecule has 0 atom stereocenters. The number of esters is 1. The molecule has 2 rings (SSSR count). The minimum atomic E-state index is -0.382. The number of aryl methyl sites for hydroxylation is 1. The predicted octanol–water partition coefficient (Wildman–Crippen LogP) is 3.48. The standard InChI is InChI=1S/C16H16O3/c1-3-12-10-7-11-14(15(12)18-2)19-16(17)13-8-5-4-6-9-13/h4-11H,3H2,1-2H3. The number of para-hydroxylation sites is 1. The molecule has 98 valence electrons. The summed E-state index contributed by atoms with van der Waals surface area (Å²) >= 11 is 0. The Kier molecular flexibility index (Phi) is 4.18. The highest BCUT2D eigenvalue weighted by Crippen LogP contribution is 2.31. The lowest BCUT2D eigenvalue weighted by atomic mass is 10.1. The number of carbonyl (C=O) groups is 1. The van der Waals surface area contributed by atoms with Crippen LogP contribution in [-0.4, -0.2) is 13.1 Å². The molecule has 2 aromatic carbocycles. The second-order valence-electron chi connectivity index (χ2n) is 4.06. The van der Waals surface area contributed by atoms with Crippen molar-refractivity contribution >= 4 is 5.97 Å². The molecule has 0 heterocycles. The number of ether oxygens (including phenoxy) is 2. The monoisotopic (exact) mass is 256 g/mol. The highest BCUT2D eigenvalue weighted by molar-refractivity contribution is 5.91. The quantitative estimate of drug-likeness (QED) is 0.620. The van der Waals surface area contributed by atoms with Crippen LogP contribution in [-0.2, 0) is 6.42 Å². The first kappa shape index (κ1) is 13.1. The molecule has 0 saturated carbocycles. The fourth-order valence-corrected chi connectivity index (χ4v) is 1.88. The zero-order valence-corrected chi connectivity index (χ0v) is 11.1. The first-order valence-electron chi connectivity index (χ1n) is 6.19. The van der Waals surface area contributed by atoms with Gasteiger partial charge in [-0.05, 0) is 30.2 Å². The fourth-order valence-electron chi connectivity index (χ4n) is 1.88. The molecule has 0 aliphatic carbocycles. The van der Waals surface area contributed by atoms with Gasteiger partial charge in [-0.15, -0.1) is 0 Å². The van der Waals surface area contributed by atoms with Gasteiger partial charge >= 0.3 is 5.97 Å². The van der Waals surface area contributed by atoms with Gasteiger partial charge in [0, 0.05) is 0 Å². The Morgan fingerprint density at radius 3 is 2.42 bits per heavy atom. The fraction of sp³-hybridized carbons (Fsp3) is 0.188. The molecule has 0 aromatic heterocycles. The van der Waals surface area contributed by atoms with Gasteiger partial charge in [0.05, 0.1) is 12.7 Å². The second kappa shape index (κ2) is 6.05. The molecule has 0 aliphatic rings. The zero-order valence-electron chi connectivity index (χ0n) is 11.1. The summed E-state index contributed by atoms with van der Waals surface area (Å²) in [6.45, 7) is 2.03. The van der Waals surface area contributed by atoms with E-state index in [9.17, 15) is 4.79 Å². The molecule has 0 bridgehead atoms. The van der Waals surface area contributed by atoms with Crippen LogP contribution in [0, 0.1) is 0 Å². The molecule has 0 fully saturated rings. The molecule has 0 saturated heterocycles. The second-order valence-corrected chi connectivity index (χ2v) is 4.06. The Hall–Kier alpha value is -2.29. The zero-order chi connectivity index (χ0) is 13.7. The van der Waals surface area contributed by atoms with Crippen LogP contribution in [0.5, 0.6) is 11.5 Å². The van der Waals surface area contributed by atoms with E-state index in [0.717, 1.165) is 12.0 Å². The van der Waals surface area contributed by atoms with Gasteiger partial charge in [0.25, 0.3) is 0 Å². The molecule has 0 spiro atoms. The predicted molar refractivity (Wildman–Crippen MR) is 73.8 cm³/mol. The number of hydrogen-bond acceptors (Lipinski definition) is 3. The summed E-state index contributed by atoms with van der Waals surface area (Å²) in [5.41, 5.74) is 1.53. The number of methoxy groups -OCH3 is 1. The van der Waals surface area contributed by atoms with Crippen LogP contribution in [0.2, 0.25) is 0 Å². The Balaban J connectivity index is 2.26. The first-order valence-corrected chi connectivity index (χ1v) is 6.19. The maximum absolute atomic E-state index is 12.0. The summed E-state index contributed by atoms with van der Waals surface area (Å²) in [5.74, 6) is 0.692. The van der Waals surface area contributed by atoms with Crippen LogP contribution >= 0.6 is 0 Å². The maximum Gasteiger partial charge on any atom is 0.343 e. The average molecular weight is 256 g/mol. The van der Waals surface area contributed by atoms with E-state index in [4.69, 9.17) is 9.47 Å². The SMILES string of the molecule is CCc1cccc(OC(=O)c2ccccc2)c1OC. The van der Waals surface area contributed by atoms with Gasteiger partial charge in [-0.2, -0.15) is 0 Å². The van der Waals surface area contributed by atoms with Gasteiger partial charge in [0.15, 0.2) is 11.5 Å². The van der Waals surface area contributed by atoms with Crippen molar-refractivity contribution in [3.05, 3.63) is 59.7 Å². The first-order chi connectivity index (χ1) is 9.26. The van der Waals surface area contributed by atoms with E-state index in [2.05, 4.69) is 0 Å². The molecular formula is C16H16O3. The van der Waals surface area contributed by atoms with Crippen LogP contribution in [0.1, 0.15) is 22.8 Å². The van der Waals surface area contributed by atoms with E-state index in [1.165, 1.54) is 0 Å². The Morgan fingerprint density at radius 1 is 1.05 bits per heavy atom. The average Bonchev–Trinajstić information content (AvgIpc) is 2.47. The van der Waals surface area contributed by atoms with Gasteiger partial charge < -0.3 is 9.47 Å². The van der Waals surface area contributed by atoms with Crippen LogP contribution in [0.3, 0.4) is 0 Å². The van der Waals surface area contributed by atoms with Gasteiger partial charge in [-0.1, -0.05) is 37.3 Å². The third-order valence-electron chi connectivity index (χ3n) is 2.86. The van der Waals surface area contributed by atoms with Gasteiger partial charge in [0.1, 0.15) is 0 Å². The lowest BCUT2D eigenvalue weighted by molar-refractivity contribution is 0.0729. The maximum atomic E-state index is 12.0. The minimum absolute atomic E-state index is 0.382. The van der Waals surface area contributed by atoms with E-state index in [-0.39, 0.29) is 5.97 Å². The van der Waals surface area contributed by atoms with Crippen molar-refractivity contribution in [3.8, 4) is 11.5 Å². The third kappa shape index (κ3) is 2.94. The smallest absolute Gasteiger partial charge is 0.343 e. The van der Waals surface area contributed by atoms with Crippen molar-refractivity contribution in [2.75, 3.05) is 7.11 Å². The van der Waals surface area contributed by atoms with E-state index >= 15 is 0 Å². The molecule has 2 aromatic rings. The Morgan fingerprint density at radius 2 is 1.79 bits per heavy atom. The Bertz CT molecular complexity index is 561. The van der Waals surface area contributed by atoms with E-state index in [1.54, 1.807) is 37.4 Å². The summed E-state index contributed by atoms with van der Waals surface area (Å²) in [5, 5.41) is 0. The molecule has 0 unspecified atom stereocenters. The van der Waals surface area contributed by atoms with Gasteiger partial charge in [0.2, 0.25) is 0 Å². The van der Waals surface area contributed by atoms with Crippen LogP contribution in [0.15, 0.2) is 48.5 Å². The van der Waals surface area contributed by atoms with Crippen molar-refractivity contribution in [1.82, 2.24) is 0 Å². The van der Waals surface area contributed by atoms with Crippen molar-refractivity contribution in [2.24, 2.45) is 0 Å². The van der Waals surface area contributed by atoms with Crippen LogP contribution in [0.4, 0.5) is 0 Å². The van der Waals surface area contributed by atoms with Crippen molar-refractivity contribution in [3.63, 3.8) is 0 Å². The largest absolute Gasteiger partial charge is 0.493 e. The van der Waals surface area contributed by atoms with Crippen LogP contribution in [0.25, 0.3) is 0 Å². The molecule has 3 nitrogen and oxygen atoms in total. The molecular weight excluding hydrogens is 240 g/mol. The Labute approximate surface area is 112 Å². The molecule has 0 N–H and O–H groups in total. The van der Waals surface area contributed by atoms with Gasteiger partial charge in [-0.3, -0.25) is 0 Å². The van der Waals surface area contributed by atoms with Crippen molar-refractivity contribution in [2.45, 2.75) is 13.3 Å². The number of benzene rings is 2. The van der Waals surface area contributed by atoms with Crippen molar-refractivity contribution in [1.29, 1.82) is 0 Å². The van der Waals surface area contributed by atoms with Crippen molar-refractivity contribution < 1.29 is 14.3 Å². The molecule has 0 amide bonds.